The largest absolute Gasteiger partial charge is 0.372 e. The molecule has 1 heterocycles. The maximum atomic E-state index is 4.44. The zero-order valence-corrected chi connectivity index (χ0v) is 13.0. The SMILES string of the molecule is CCN(CC)c1ccc(/C=N/c2nc3ccccc3[nH]2)cc1. The number of aromatic amines is 1. The van der Waals surface area contributed by atoms with E-state index in [2.05, 4.69) is 58.0 Å². The van der Waals surface area contributed by atoms with Crippen LogP contribution < -0.4 is 4.90 Å². The van der Waals surface area contributed by atoms with Crippen molar-refractivity contribution < 1.29 is 0 Å². The summed E-state index contributed by atoms with van der Waals surface area (Å²) >= 11 is 0. The van der Waals surface area contributed by atoms with Crippen molar-refractivity contribution in [1.82, 2.24) is 9.97 Å². The van der Waals surface area contributed by atoms with Gasteiger partial charge in [0.15, 0.2) is 0 Å². The van der Waals surface area contributed by atoms with Gasteiger partial charge in [0.05, 0.1) is 11.0 Å². The minimum atomic E-state index is 0.633. The Labute approximate surface area is 130 Å². The number of benzene rings is 2. The fraction of sp³-hybridized carbons (Fsp3) is 0.222. The van der Waals surface area contributed by atoms with Gasteiger partial charge in [-0.1, -0.05) is 24.3 Å². The summed E-state index contributed by atoms with van der Waals surface area (Å²) in [6.45, 7) is 6.37. The Hall–Kier alpha value is -2.62. The lowest BCUT2D eigenvalue weighted by Crippen LogP contribution is -2.21. The normalized spacial score (nSPS) is 11.4. The van der Waals surface area contributed by atoms with Crippen LogP contribution >= 0.6 is 0 Å². The molecule has 4 nitrogen and oxygen atoms in total. The van der Waals surface area contributed by atoms with Crippen molar-refractivity contribution in [2.45, 2.75) is 13.8 Å². The molecule has 0 spiro atoms. The van der Waals surface area contributed by atoms with Gasteiger partial charge in [0.2, 0.25) is 5.95 Å². The third-order valence-corrected chi connectivity index (χ3v) is 3.73. The van der Waals surface area contributed by atoms with E-state index in [0.29, 0.717) is 5.95 Å². The van der Waals surface area contributed by atoms with Gasteiger partial charge in [0.1, 0.15) is 0 Å². The molecule has 4 heteroatoms. The lowest BCUT2D eigenvalue weighted by atomic mass is 10.2. The molecule has 1 aromatic heterocycles. The fourth-order valence-corrected chi connectivity index (χ4v) is 2.50. The first-order chi connectivity index (χ1) is 10.8. The van der Waals surface area contributed by atoms with Gasteiger partial charge in [-0.05, 0) is 43.7 Å². The Kier molecular flexibility index (Phi) is 4.19. The zero-order chi connectivity index (χ0) is 15.4. The third kappa shape index (κ3) is 3.01. The first-order valence-electron chi connectivity index (χ1n) is 7.64. The number of nitrogens with zero attached hydrogens (tertiary/aromatic N) is 3. The summed E-state index contributed by atoms with van der Waals surface area (Å²) in [6.07, 6.45) is 1.84. The smallest absolute Gasteiger partial charge is 0.227 e. The van der Waals surface area contributed by atoms with Crippen LogP contribution in [0.4, 0.5) is 11.6 Å². The van der Waals surface area contributed by atoms with E-state index in [4.69, 9.17) is 0 Å². The van der Waals surface area contributed by atoms with Crippen LogP contribution in [0.5, 0.6) is 0 Å². The number of aromatic nitrogens is 2. The summed E-state index contributed by atoms with van der Waals surface area (Å²) in [7, 11) is 0. The topological polar surface area (TPSA) is 44.3 Å². The molecular formula is C18H20N4. The zero-order valence-electron chi connectivity index (χ0n) is 13.0. The molecule has 0 amide bonds. The third-order valence-electron chi connectivity index (χ3n) is 3.73. The number of hydrogen-bond donors (Lipinski definition) is 1. The van der Waals surface area contributed by atoms with Crippen LogP contribution in [0.25, 0.3) is 11.0 Å². The highest BCUT2D eigenvalue weighted by molar-refractivity contribution is 5.83. The lowest BCUT2D eigenvalue weighted by molar-refractivity contribution is 0.866. The molecule has 0 aliphatic carbocycles. The number of aliphatic imine (C=N–C) groups is 1. The Bertz CT molecular complexity index is 734. The van der Waals surface area contributed by atoms with Crippen LogP contribution in [-0.4, -0.2) is 29.3 Å². The Morgan fingerprint density at radius 2 is 1.77 bits per heavy atom. The van der Waals surface area contributed by atoms with E-state index in [1.54, 1.807) is 0 Å². The van der Waals surface area contributed by atoms with Gasteiger partial charge in [-0.25, -0.2) is 9.98 Å². The first-order valence-corrected chi connectivity index (χ1v) is 7.64. The highest BCUT2D eigenvalue weighted by Crippen LogP contribution is 2.17. The predicted molar refractivity (Wildman–Crippen MR) is 93.4 cm³/mol. The van der Waals surface area contributed by atoms with E-state index in [-0.39, 0.29) is 0 Å². The average Bonchev–Trinajstić information content (AvgIpc) is 2.98. The molecule has 0 radical (unpaired) electrons. The minimum absolute atomic E-state index is 0.633. The number of rotatable bonds is 5. The number of para-hydroxylation sites is 2. The van der Waals surface area contributed by atoms with E-state index in [1.165, 1.54) is 5.69 Å². The van der Waals surface area contributed by atoms with Crippen molar-refractivity contribution in [1.29, 1.82) is 0 Å². The van der Waals surface area contributed by atoms with Gasteiger partial charge in [0.25, 0.3) is 0 Å². The summed E-state index contributed by atoms with van der Waals surface area (Å²) in [6, 6.07) is 16.4. The summed E-state index contributed by atoms with van der Waals surface area (Å²) in [5, 5.41) is 0. The van der Waals surface area contributed by atoms with Crippen LogP contribution in [-0.2, 0) is 0 Å². The highest BCUT2D eigenvalue weighted by Gasteiger charge is 2.01. The van der Waals surface area contributed by atoms with Gasteiger partial charge in [-0.15, -0.1) is 0 Å². The van der Waals surface area contributed by atoms with Crippen LogP contribution in [0.2, 0.25) is 0 Å². The van der Waals surface area contributed by atoms with Gasteiger partial charge >= 0.3 is 0 Å². The maximum Gasteiger partial charge on any atom is 0.227 e. The predicted octanol–water partition coefficient (Wildman–Crippen LogP) is 4.16. The molecule has 0 unspecified atom stereocenters. The second-order valence-corrected chi connectivity index (χ2v) is 5.10. The van der Waals surface area contributed by atoms with Crippen molar-refractivity contribution >= 4 is 28.9 Å². The number of fused-ring (bicyclic) bond motifs is 1. The maximum absolute atomic E-state index is 4.44. The summed E-state index contributed by atoms with van der Waals surface area (Å²) in [5.41, 5.74) is 4.25. The molecule has 3 rings (SSSR count). The highest BCUT2D eigenvalue weighted by atomic mass is 15.1. The van der Waals surface area contributed by atoms with Crippen LogP contribution in [0, 0.1) is 0 Å². The van der Waals surface area contributed by atoms with Crippen molar-refractivity contribution in [3.05, 3.63) is 54.1 Å². The second kappa shape index (κ2) is 6.43. The van der Waals surface area contributed by atoms with Crippen LogP contribution in [0.3, 0.4) is 0 Å². The molecule has 22 heavy (non-hydrogen) atoms. The molecule has 0 aliphatic rings. The van der Waals surface area contributed by atoms with Gasteiger partial charge in [0, 0.05) is 25.0 Å². The number of hydrogen-bond acceptors (Lipinski definition) is 3. The molecular weight excluding hydrogens is 272 g/mol. The molecule has 112 valence electrons. The molecule has 0 saturated heterocycles. The number of nitrogens with one attached hydrogen (secondary N) is 1. The van der Waals surface area contributed by atoms with Crippen molar-refractivity contribution in [2.75, 3.05) is 18.0 Å². The first kappa shape index (κ1) is 14.3. The molecule has 0 atom stereocenters. The fourth-order valence-electron chi connectivity index (χ4n) is 2.50. The quantitative estimate of drug-likeness (QED) is 0.718. The summed E-state index contributed by atoms with van der Waals surface area (Å²) in [4.78, 5) is 14.4. The summed E-state index contributed by atoms with van der Waals surface area (Å²) in [5.74, 6) is 0.633. The van der Waals surface area contributed by atoms with Crippen LogP contribution in [0.15, 0.2) is 53.5 Å². The van der Waals surface area contributed by atoms with Gasteiger partial charge in [-0.2, -0.15) is 0 Å². The molecule has 3 aromatic rings. The Balaban J connectivity index is 1.77. The molecule has 2 aromatic carbocycles. The lowest BCUT2D eigenvalue weighted by Gasteiger charge is -2.20. The van der Waals surface area contributed by atoms with E-state index in [0.717, 1.165) is 29.7 Å². The Morgan fingerprint density at radius 3 is 2.45 bits per heavy atom. The number of imidazole rings is 1. The minimum Gasteiger partial charge on any atom is -0.372 e. The molecule has 0 aliphatic heterocycles. The van der Waals surface area contributed by atoms with Crippen molar-refractivity contribution in [2.24, 2.45) is 4.99 Å². The number of H-pyrrole nitrogens is 1. The molecule has 0 saturated carbocycles. The van der Waals surface area contributed by atoms with E-state index >= 15 is 0 Å². The van der Waals surface area contributed by atoms with E-state index in [1.807, 2.05) is 30.5 Å². The van der Waals surface area contributed by atoms with Gasteiger partial charge in [-0.3, -0.25) is 0 Å². The summed E-state index contributed by atoms with van der Waals surface area (Å²) < 4.78 is 0. The van der Waals surface area contributed by atoms with E-state index in [9.17, 15) is 0 Å². The van der Waals surface area contributed by atoms with E-state index < -0.39 is 0 Å². The van der Waals surface area contributed by atoms with Crippen molar-refractivity contribution in [3.8, 4) is 0 Å². The molecule has 0 bridgehead atoms. The molecule has 1 N–H and O–H groups in total. The average molecular weight is 292 g/mol. The van der Waals surface area contributed by atoms with Crippen molar-refractivity contribution in [3.63, 3.8) is 0 Å². The molecule has 0 fully saturated rings. The second-order valence-electron chi connectivity index (χ2n) is 5.10. The number of anilines is 1. The van der Waals surface area contributed by atoms with Crippen LogP contribution in [0.1, 0.15) is 19.4 Å². The Morgan fingerprint density at radius 1 is 1.05 bits per heavy atom. The standard InChI is InChI=1S/C18H20N4/c1-3-22(4-2)15-11-9-14(10-12-15)13-19-18-20-16-7-5-6-8-17(16)21-18/h5-13H,3-4H2,1-2H3,(H,20,21)/b19-13+. The van der Waals surface area contributed by atoms with Gasteiger partial charge < -0.3 is 9.88 Å². The monoisotopic (exact) mass is 292 g/mol.